The van der Waals surface area contributed by atoms with E-state index in [4.69, 9.17) is 5.11 Å². The summed E-state index contributed by atoms with van der Waals surface area (Å²) in [5, 5.41) is 21.3. The van der Waals surface area contributed by atoms with Crippen molar-refractivity contribution in [3.63, 3.8) is 0 Å². The quantitative estimate of drug-likeness (QED) is 0.320. The molecule has 0 atom stereocenters. The number of fused-ring (bicyclic) bond motifs is 1. The van der Waals surface area contributed by atoms with Gasteiger partial charge in [0.2, 0.25) is 5.91 Å². The number of hydrogen-bond donors (Lipinski definition) is 2. The van der Waals surface area contributed by atoms with Gasteiger partial charge in [-0.15, -0.1) is 0 Å². The molecule has 3 aromatic carbocycles. The first-order valence-electron chi connectivity index (χ1n) is 13.2. The van der Waals surface area contributed by atoms with Gasteiger partial charge in [0.05, 0.1) is 11.0 Å². The molecule has 0 aliphatic heterocycles. The summed E-state index contributed by atoms with van der Waals surface area (Å²) < 4.78 is 0. The lowest BCUT2D eigenvalue weighted by Gasteiger charge is -2.38. The van der Waals surface area contributed by atoms with Crippen molar-refractivity contribution in [3.05, 3.63) is 71.8 Å². The SMILES string of the molecule is CCCCC(=O)N(Cc1ccc2cc(-c3ccc(C(=O)O)cc3)ccc2c1)CC1(C(=O)O)CCCCC1. The van der Waals surface area contributed by atoms with Crippen LogP contribution in [0, 0.1) is 5.41 Å². The molecule has 0 heterocycles. The molecule has 0 unspecified atom stereocenters. The average molecular weight is 502 g/mol. The standard InChI is InChI=1S/C31H35NO5/c1-2-3-7-28(33)32(21-31(30(36)37)16-5-4-6-17-31)20-22-8-9-27-19-26(15-14-25(27)18-22)23-10-12-24(13-11-23)29(34)35/h8-15,18-19H,2-7,16-17,20-21H2,1H3,(H,34,35)(H,36,37). The van der Waals surface area contributed by atoms with Crippen LogP contribution < -0.4 is 0 Å². The van der Waals surface area contributed by atoms with Gasteiger partial charge in [0.15, 0.2) is 0 Å². The number of aromatic carboxylic acids is 1. The molecule has 6 heteroatoms. The fraction of sp³-hybridized carbons (Fsp3) is 0.387. The number of carboxylic acids is 2. The third-order valence-electron chi connectivity index (χ3n) is 7.60. The predicted molar refractivity (Wildman–Crippen MR) is 144 cm³/mol. The van der Waals surface area contributed by atoms with E-state index < -0.39 is 17.4 Å². The molecular weight excluding hydrogens is 466 g/mol. The molecule has 1 amide bonds. The summed E-state index contributed by atoms with van der Waals surface area (Å²) in [6.07, 6.45) is 6.21. The largest absolute Gasteiger partial charge is 0.481 e. The van der Waals surface area contributed by atoms with Crippen LogP contribution in [0.1, 0.15) is 74.2 Å². The lowest BCUT2D eigenvalue weighted by atomic mass is 9.73. The van der Waals surface area contributed by atoms with Gasteiger partial charge in [-0.1, -0.05) is 69.0 Å². The number of carbonyl (C=O) groups excluding carboxylic acids is 1. The maximum atomic E-state index is 13.2. The molecule has 1 fully saturated rings. The minimum absolute atomic E-state index is 0.0216. The minimum Gasteiger partial charge on any atom is -0.481 e. The molecule has 6 nitrogen and oxygen atoms in total. The first-order valence-corrected chi connectivity index (χ1v) is 13.2. The summed E-state index contributed by atoms with van der Waals surface area (Å²) in [7, 11) is 0. The van der Waals surface area contributed by atoms with E-state index >= 15 is 0 Å². The van der Waals surface area contributed by atoms with Crippen molar-refractivity contribution in [2.75, 3.05) is 6.54 Å². The molecule has 0 aromatic heterocycles. The Balaban J connectivity index is 1.57. The van der Waals surface area contributed by atoms with Crippen LogP contribution in [-0.2, 0) is 16.1 Å². The number of unbranched alkanes of at least 4 members (excludes halogenated alkanes) is 1. The molecular formula is C31H35NO5. The van der Waals surface area contributed by atoms with E-state index in [0.717, 1.165) is 59.6 Å². The van der Waals surface area contributed by atoms with Crippen LogP contribution in [0.3, 0.4) is 0 Å². The molecule has 0 radical (unpaired) electrons. The highest BCUT2D eigenvalue weighted by Gasteiger charge is 2.42. The van der Waals surface area contributed by atoms with Gasteiger partial charge in [0.25, 0.3) is 0 Å². The Kier molecular flexibility index (Phi) is 8.27. The van der Waals surface area contributed by atoms with E-state index in [9.17, 15) is 19.5 Å². The van der Waals surface area contributed by atoms with Crippen molar-refractivity contribution in [2.45, 2.75) is 64.8 Å². The van der Waals surface area contributed by atoms with Crippen LogP contribution in [0.5, 0.6) is 0 Å². The first kappa shape index (κ1) is 26.4. The number of carboxylic acid groups (broad SMARTS) is 2. The van der Waals surface area contributed by atoms with E-state index in [1.54, 1.807) is 17.0 Å². The Morgan fingerprint density at radius 1 is 0.838 bits per heavy atom. The van der Waals surface area contributed by atoms with Gasteiger partial charge in [-0.05, 0) is 71.0 Å². The molecule has 194 valence electrons. The van der Waals surface area contributed by atoms with Crippen molar-refractivity contribution in [1.29, 1.82) is 0 Å². The smallest absolute Gasteiger partial charge is 0.335 e. The van der Waals surface area contributed by atoms with Gasteiger partial charge in [0.1, 0.15) is 0 Å². The second-order valence-corrected chi connectivity index (χ2v) is 10.3. The monoisotopic (exact) mass is 501 g/mol. The zero-order chi connectivity index (χ0) is 26.4. The van der Waals surface area contributed by atoms with Gasteiger partial charge in [-0.3, -0.25) is 9.59 Å². The summed E-state index contributed by atoms with van der Waals surface area (Å²) >= 11 is 0. The number of hydrogen-bond acceptors (Lipinski definition) is 3. The van der Waals surface area contributed by atoms with Crippen LogP contribution in [0.4, 0.5) is 0 Å². The molecule has 37 heavy (non-hydrogen) atoms. The Labute approximate surface area is 217 Å². The topological polar surface area (TPSA) is 94.9 Å². The summed E-state index contributed by atoms with van der Waals surface area (Å²) in [4.78, 5) is 38.4. The highest BCUT2D eigenvalue weighted by molar-refractivity contribution is 5.90. The van der Waals surface area contributed by atoms with Crippen LogP contribution in [0.25, 0.3) is 21.9 Å². The maximum Gasteiger partial charge on any atom is 0.335 e. The normalized spacial score (nSPS) is 14.8. The Morgan fingerprint density at radius 2 is 1.49 bits per heavy atom. The predicted octanol–water partition coefficient (Wildman–Crippen LogP) is 6.76. The second-order valence-electron chi connectivity index (χ2n) is 10.3. The first-order chi connectivity index (χ1) is 17.8. The number of rotatable bonds is 10. The molecule has 0 bridgehead atoms. The Bertz CT molecular complexity index is 1270. The third kappa shape index (κ3) is 6.19. The van der Waals surface area contributed by atoms with Crippen LogP contribution in [-0.4, -0.2) is 39.5 Å². The van der Waals surface area contributed by atoms with E-state index in [1.165, 1.54) is 0 Å². The summed E-state index contributed by atoms with van der Waals surface area (Å²) in [6, 6.07) is 19.0. The maximum absolute atomic E-state index is 13.2. The van der Waals surface area contributed by atoms with Gasteiger partial charge >= 0.3 is 11.9 Å². The highest BCUT2D eigenvalue weighted by Crippen LogP contribution is 2.38. The third-order valence-corrected chi connectivity index (χ3v) is 7.60. The van der Waals surface area contributed by atoms with E-state index in [0.29, 0.717) is 25.8 Å². The van der Waals surface area contributed by atoms with Gasteiger partial charge in [0, 0.05) is 19.5 Å². The zero-order valence-electron chi connectivity index (χ0n) is 21.4. The molecule has 1 aliphatic carbocycles. The second kappa shape index (κ2) is 11.6. The average Bonchev–Trinajstić information content (AvgIpc) is 2.91. The summed E-state index contributed by atoms with van der Waals surface area (Å²) in [5.74, 6) is -1.71. The molecule has 4 rings (SSSR count). The van der Waals surface area contributed by atoms with Gasteiger partial charge in [-0.25, -0.2) is 4.79 Å². The number of amides is 1. The van der Waals surface area contributed by atoms with Crippen molar-refractivity contribution in [1.82, 2.24) is 4.90 Å². The highest BCUT2D eigenvalue weighted by atomic mass is 16.4. The zero-order valence-corrected chi connectivity index (χ0v) is 21.4. The number of benzene rings is 3. The van der Waals surface area contributed by atoms with Crippen molar-refractivity contribution in [3.8, 4) is 11.1 Å². The van der Waals surface area contributed by atoms with E-state index in [-0.39, 0.29) is 18.0 Å². The molecule has 1 aliphatic rings. The Hall–Kier alpha value is -3.67. The summed E-state index contributed by atoms with van der Waals surface area (Å²) in [6.45, 7) is 2.70. The van der Waals surface area contributed by atoms with Crippen molar-refractivity contribution in [2.24, 2.45) is 5.41 Å². The summed E-state index contributed by atoms with van der Waals surface area (Å²) in [5.41, 5.74) is 2.31. The number of aliphatic carboxylic acids is 1. The fourth-order valence-electron chi connectivity index (χ4n) is 5.35. The van der Waals surface area contributed by atoms with Crippen molar-refractivity contribution < 1.29 is 24.6 Å². The van der Waals surface area contributed by atoms with Gasteiger partial charge < -0.3 is 15.1 Å². The van der Waals surface area contributed by atoms with Crippen molar-refractivity contribution >= 4 is 28.6 Å². The molecule has 0 saturated heterocycles. The molecule has 3 aromatic rings. The minimum atomic E-state index is -0.947. The van der Waals surface area contributed by atoms with Crippen LogP contribution in [0.2, 0.25) is 0 Å². The molecule has 0 spiro atoms. The molecule has 2 N–H and O–H groups in total. The number of carbonyl (C=O) groups is 3. The van der Waals surface area contributed by atoms with Gasteiger partial charge in [-0.2, -0.15) is 0 Å². The van der Waals surface area contributed by atoms with Crippen LogP contribution >= 0.6 is 0 Å². The van der Waals surface area contributed by atoms with Crippen LogP contribution in [0.15, 0.2) is 60.7 Å². The van der Waals surface area contributed by atoms with E-state index in [1.807, 2.05) is 36.4 Å². The Morgan fingerprint density at radius 3 is 2.14 bits per heavy atom. The fourth-order valence-corrected chi connectivity index (χ4v) is 5.35. The lowest BCUT2D eigenvalue weighted by Crippen LogP contribution is -2.46. The number of nitrogens with zero attached hydrogens (tertiary/aromatic N) is 1. The lowest BCUT2D eigenvalue weighted by molar-refractivity contribution is -0.154. The van der Waals surface area contributed by atoms with E-state index in [2.05, 4.69) is 19.1 Å². The molecule has 1 saturated carbocycles.